The van der Waals surface area contributed by atoms with Gasteiger partial charge in [0, 0.05) is 0 Å². The fourth-order valence-electron chi connectivity index (χ4n) is 3.03. The van der Waals surface area contributed by atoms with E-state index in [1.165, 1.54) is 0 Å². The fraction of sp³-hybridized carbons (Fsp3) is 0.789. The Hall–Kier alpha value is -1.32. The highest BCUT2D eigenvalue weighted by atomic mass is 16.5. The summed E-state index contributed by atoms with van der Waals surface area (Å²) in [6.07, 6.45) is 8.48. The van der Waals surface area contributed by atoms with Gasteiger partial charge < -0.3 is 9.84 Å². The Labute approximate surface area is 140 Å². The number of carbonyl (C=O) groups is 2. The molecule has 0 aromatic rings. The van der Waals surface area contributed by atoms with Crippen molar-refractivity contribution in [1.29, 1.82) is 0 Å². The van der Waals surface area contributed by atoms with Crippen LogP contribution in [0.3, 0.4) is 0 Å². The Morgan fingerprint density at radius 1 is 1.13 bits per heavy atom. The number of aliphatic carboxylic acids is 1. The molecule has 0 heterocycles. The second kappa shape index (κ2) is 9.74. The first-order chi connectivity index (χ1) is 10.9. The van der Waals surface area contributed by atoms with Gasteiger partial charge in [-0.15, -0.1) is 0 Å². The lowest BCUT2D eigenvalue weighted by Crippen LogP contribution is -2.36. The minimum Gasteiger partial charge on any atom is -0.481 e. The van der Waals surface area contributed by atoms with Gasteiger partial charge in [-0.05, 0) is 37.5 Å². The van der Waals surface area contributed by atoms with Gasteiger partial charge in [0.05, 0.1) is 11.8 Å². The van der Waals surface area contributed by atoms with Gasteiger partial charge in [-0.3, -0.25) is 9.59 Å². The second-order valence-corrected chi connectivity index (χ2v) is 7.18. The van der Waals surface area contributed by atoms with E-state index in [1.54, 1.807) is 0 Å². The van der Waals surface area contributed by atoms with Crippen LogP contribution in [0.1, 0.15) is 66.2 Å². The molecule has 0 saturated carbocycles. The molecule has 1 rings (SSSR count). The highest BCUT2D eigenvalue weighted by Crippen LogP contribution is 2.29. The minimum atomic E-state index is -0.906. The summed E-state index contributed by atoms with van der Waals surface area (Å²) in [5.41, 5.74) is 0. The van der Waals surface area contributed by atoms with Crippen molar-refractivity contribution in [2.24, 2.45) is 23.7 Å². The average Bonchev–Trinajstić information content (AvgIpc) is 2.52. The van der Waals surface area contributed by atoms with Crippen molar-refractivity contribution in [3.05, 3.63) is 12.2 Å². The predicted octanol–water partition coefficient (Wildman–Crippen LogP) is 4.44. The van der Waals surface area contributed by atoms with E-state index in [2.05, 4.69) is 27.7 Å². The zero-order chi connectivity index (χ0) is 17.4. The molecule has 0 aromatic carbocycles. The van der Waals surface area contributed by atoms with Crippen LogP contribution in [-0.4, -0.2) is 23.1 Å². The maximum atomic E-state index is 12.5. The van der Waals surface area contributed by atoms with E-state index in [-0.39, 0.29) is 12.1 Å². The molecule has 0 saturated heterocycles. The standard InChI is InChI=1S/C19H32O4/c1-5-14(4)17(12-8-9-13(2)3)23-19(22)16-11-7-6-10-15(16)18(20)21/h6-7,13-17H,5,8-12H2,1-4H3,(H,20,21). The SMILES string of the molecule is CCC(C)C(CCCC(C)C)OC(=O)C1CC=CCC1C(=O)O. The largest absolute Gasteiger partial charge is 0.481 e. The van der Waals surface area contributed by atoms with Crippen LogP contribution in [-0.2, 0) is 14.3 Å². The summed E-state index contributed by atoms with van der Waals surface area (Å²) < 4.78 is 5.77. The first kappa shape index (κ1) is 19.7. The molecule has 0 spiro atoms. The van der Waals surface area contributed by atoms with Gasteiger partial charge in [-0.2, -0.15) is 0 Å². The summed E-state index contributed by atoms with van der Waals surface area (Å²) in [4.78, 5) is 23.9. The van der Waals surface area contributed by atoms with Crippen molar-refractivity contribution in [1.82, 2.24) is 0 Å². The molecule has 0 amide bonds. The molecule has 0 radical (unpaired) electrons. The molecule has 1 aliphatic carbocycles. The molecule has 23 heavy (non-hydrogen) atoms. The van der Waals surface area contributed by atoms with E-state index >= 15 is 0 Å². The number of carboxylic acid groups (broad SMARTS) is 1. The molecule has 4 unspecified atom stereocenters. The van der Waals surface area contributed by atoms with E-state index in [0.29, 0.717) is 24.7 Å². The van der Waals surface area contributed by atoms with Crippen LogP contribution in [0.25, 0.3) is 0 Å². The van der Waals surface area contributed by atoms with Gasteiger partial charge >= 0.3 is 11.9 Å². The lowest BCUT2D eigenvalue weighted by atomic mass is 9.83. The molecular weight excluding hydrogens is 292 g/mol. The number of carbonyl (C=O) groups excluding carboxylic acids is 1. The number of carboxylic acids is 1. The first-order valence-corrected chi connectivity index (χ1v) is 8.95. The lowest BCUT2D eigenvalue weighted by Gasteiger charge is -2.29. The van der Waals surface area contributed by atoms with E-state index in [4.69, 9.17) is 4.74 Å². The molecule has 0 bridgehead atoms. The van der Waals surface area contributed by atoms with Gasteiger partial charge in [-0.1, -0.05) is 52.7 Å². The zero-order valence-corrected chi connectivity index (χ0v) is 15.0. The average molecular weight is 324 g/mol. The van der Waals surface area contributed by atoms with Crippen molar-refractivity contribution < 1.29 is 19.4 Å². The third-order valence-electron chi connectivity index (χ3n) is 4.87. The molecule has 1 aliphatic rings. The quantitative estimate of drug-likeness (QED) is 0.503. The molecule has 1 N–H and O–H groups in total. The molecule has 4 nitrogen and oxygen atoms in total. The fourth-order valence-corrected chi connectivity index (χ4v) is 3.03. The molecule has 0 fully saturated rings. The molecule has 4 heteroatoms. The third-order valence-corrected chi connectivity index (χ3v) is 4.87. The summed E-state index contributed by atoms with van der Waals surface area (Å²) in [6.45, 7) is 8.58. The van der Waals surface area contributed by atoms with Gasteiger partial charge in [0.1, 0.15) is 6.10 Å². The van der Waals surface area contributed by atoms with Gasteiger partial charge in [-0.25, -0.2) is 0 Å². The van der Waals surface area contributed by atoms with Crippen LogP contribution in [0.15, 0.2) is 12.2 Å². The van der Waals surface area contributed by atoms with Crippen molar-refractivity contribution in [3.8, 4) is 0 Å². The molecule has 4 atom stereocenters. The Balaban J connectivity index is 2.67. The lowest BCUT2D eigenvalue weighted by molar-refractivity contribution is -0.164. The van der Waals surface area contributed by atoms with Crippen molar-refractivity contribution in [2.75, 3.05) is 0 Å². The highest BCUT2D eigenvalue weighted by Gasteiger charge is 2.36. The Morgan fingerprint density at radius 2 is 1.74 bits per heavy atom. The Kier molecular flexibility index (Phi) is 8.35. The maximum absolute atomic E-state index is 12.5. The van der Waals surface area contributed by atoms with Crippen LogP contribution in [0.2, 0.25) is 0 Å². The number of hydrogen-bond donors (Lipinski definition) is 1. The Bertz CT molecular complexity index is 414. The Morgan fingerprint density at radius 3 is 2.26 bits per heavy atom. The van der Waals surface area contributed by atoms with Crippen LogP contribution in [0, 0.1) is 23.7 Å². The van der Waals surface area contributed by atoms with Crippen molar-refractivity contribution in [2.45, 2.75) is 72.3 Å². The summed E-state index contributed by atoms with van der Waals surface area (Å²) in [5.74, 6) is -1.50. The number of rotatable bonds is 9. The highest BCUT2D eigenvalue weighted by molar-refractivity contribution is 5.81. The second-order valence-electron chi connectivity index (χ2n) is 7.18. The number of allylic oxidation sites excluding steroid dienone is 2. The van der Waals surface area contributed by atoms with E-state index in [1.807, 2.05) is 12.2 Å². The minimum absolute atomic E-state index is 0.105. The van der Waals surface area contributed by atoms with Gasteiger partial charge in [0.2, 0.25) is 0 Å². The molecule has 0 aromatic heterocycles. The van der Waals surface area contributed by atoms with Crippen molar-refractivity contribution in [3.63, 3.8) is 0 Å². The van der Waals surface area contributed by atoms with E-state index in [0.717, 1.165) is 25.7 Å². The number of esters is 1. The van der Waals surface area contributed by atoms with Crippen LogP contribution >= 0.6 is 0 Å². The van der Waals surface area contributed by atoms with Crippen molar-refractivity contribution >= 4 is 11.9 Å². The van der Waals surface area contributed by atoms with E-state index in [9.17, 15) is 14.7 Å². The van der Waals surface area contributed by atoms with Crippen LogP contribution in [0.4, 0.5) is 0 Å². The maximum Gasteiger partial charge on any atom is 0.310 e. The third kappa shape index (κ3) is 6.36. The smallest absolute Gasteiger partial charge is 0.310 e. The zero-order valence-electron chi connectivity index (χ0n) is 15.0. The predicted molar refractivity (Wildman–Crippen MR) is 91.0 cm³/mol. The topological polar surface area (TPSA) is 63.6 Å². The van der Waals surface area contributed by atoms with Gasteiger partial charge in [0.15, 0.2) is 0 Å². The molecular formula is C19H32O4. The monoisotopic (exact) mass is 324 g/mol. The summed E-state index contributed by atoms with van der Waals surface area (Å²) in [6, 6.07) is 0. The normalized spacial score (nSPS) is 23.5. The summed E-state index contributed by atoms with van der Waals surface area (Å²) in [5, 5.41) is 9.31. The van der Waals surface area contributed by atoms with Crippen LogP contribution < -0.4 is 0 Å². The molecule has 0 aliphatic heterocycles. The summed E-state index contributed by atoms with van der Waals surface area (Å²) >= 11 is 0. The van der Waals surface area contributed by atoms with Crippen LogP contribution in [0.5, 0.6) is 0 Å². The van der Waals surface area contributed by atoms with Gasteiger partial charge in [0.25, 0.3) is 0 Å². The first-order valence-electron chi connectivity index (χ1n) is 8.95. The number of ether oxygens (including phenoxy) is 1. The van der Waals surface area contributed by atoms with E-state index < -0.39 is 17.8 Å². The number of hydrogen-bond acceptors (Lipinski definition) is 3. The molecule has 132 valence electrons. The summed E-state index contributed by atoms with van der Waals surface area (Å²) in [7, 11) is 0.